The average molecular weight is 222 g/mol. The van der Waals surface area contributed by atoms with Gasteiger partial charge in [0.15, 0.2) is 0 Å². The summed E-state index contributed by atoms with van der Waals surface area (Å²) < 4.78 is 5.34. The molecule has 1 aromatic carbocycles. The van der Waals surface area contributed by atoms with Crippen molar-refractivity contribution in [3.05, 3.63) is 28.8 Å². The van der Waals surface area contributed by atoms with Crippen molar-refractivity contribution >= 4 is 0 Å². The Balaban J connectivity index is 2.09. The van der Waals surface area contributed by atoms with Crippen LogP contribution in [0.4, 0.5) is 0 Å². The van der Waals surface area contributed by atoms with E-state index < -0.39 is 0 Å². The third kappa shape index (κ3) is 2.54. The molecule has 3 nitrogen and oxygen atoms in total. The monoisotopic (exact) mass is 222 g/mol. The fourth-order valence-corrected chi connectivity index (χ4v) is 2.27. The number of aromatic hydroxyl groups is 1. The van der Waals surface area contributed by atoms with E-state index in [1.807, 2.05) is 13.8 Å². The summed E-state index contributed by atoms with van der Waals surface area (Å²) in [7, 11) is 0. The molecular formula is C13H20NO2+. The molecule has 1 aliphatic rings. The van der Waals surface area contributed by atoms with Gasteiger partial charge in [-0.05, 0) is 37.1 Å². The van der Waals surface area contributed by atoms with Gasteiger partial charge < -0.3 is 14.7 Å². The van der Waals surface area contributed by atoms with Gasteiger partial charge in [0.05, 0.1) is 13.2 Å². The van der Waals surface area contributed by atoms with Crippen molar-refractivity contribution in [2.75, 3.05) is 26.3 Å². The highest BCUT2D eigenvalue weighted by Gasteiger charge is 2.15. The first-order chi connectivity index (χ1) is 7.66. The Morgan fingerprint density at radius 1 is 1.19 bits per heavy atom. The molecule has 0 amide bonds. The van der Waals surface area contributed by atoms with Crippen molar-refractivity contribution in [2.24, 2.45) is 0 Å². The third-order valence-corrected chi connectivity index (χ3v) is 3.20. The van der Waals surface area contributed by atoms with Crippen LogP contribution in [0.25, 0.3) is 0 Å². The maximum absolute atomic E-state index is 9.71. The molecule has 0 saturated carbocycles. The number of hydrogen-bond donors (Lipinski definition) is 2. The second kappa shape index (κ2) is 4.85. The number of benzene rings is 1. The number of nitrogens with one attached hydrogen (secondary N) is 1. The summed E-state index contributed by atoms with van der Waals surface area (Å²) in [4.78, 5) is 1.57. The first-order valence-corrected chi connectivity index (χ1v) is 5.87. The van der Waals surface area contributed by atoms with Gasteiger partial charge in [0.1, 0.15) is 25.4 Å². The molecule has 88 valence electrons. The summed E-state index contributed by atoms with van der Waals surface area (Å²) in [6.07, 6.45) is 0. The molecule has 1 heterocycles. The second-order valence-corrected chi connectivity index (χ2v) is 4.62. The Morgan fingerprint density at radius 2 is 1.75 bits per heavy atom. The molecule has 2 rings (SSSR count). The SMILES string of the molecule is Cc1cc(C[NH+]2CCOCC2)cc(C)c1O. The van der Waals surface area contributed by atoms with Gasteiger partial charge in [-0.25, -0.2) is 0 Å². The number of phenols is 1. The largest absolute Gasteiger partial charge is 0.507 e. The fourth-order valence-electron chi connectivity index (χ4n) is 2.27. The van der Waals surface area contributed by atoms with Crippen molar-refractivity contribution < 1.29 is 14.7 Å². The van der Waals surface area contributed by atoms with E-state index >= 15 is 0 Å². The minimum atomic E-state index is 0.431. The summed E-state index contributed by atoms with van der Waals surface area (Å²) in [6, 6.07) is 4.18. The highest BCUT2D eigenvalue weighted by Crippen LogP contribution is 2.22. The number of hydrogen-bond acceptors (Lipinski definition) is 2. The molecule has 0 bridgehead atoms. The molecule has 0 atom stereocenters. The Kier molecular flexibility index (Phi) is 3.46. The molecule has 1 saturated heterocycles. The molecule has 2 N–H and O–H groups in total. The minimum Gasteiger partial charge on any atom is -0.507 e. The van der Waals surface area contributed by atoms with E-state index in [1.165, 1.54) is 5.56 Å². The normalized spacial score (nSPS) is 17.6. The van der Waals surface area contributed by atoms with Crippen LogP contribution in [-0.2, 0) is 11.3 Å². The molecule has 1 fully saturated rings. The number of morpholine rings is 1. The van der Waals surface area contributed by atoms with Crippen molar-refractivity contribution in [2.45, 2.75) is 20.4 Å². The number of aryl methyl sites for hydroxylation is 2. The van der Waals surface area contributed by atoms with E-state index in [9.17, 15) is 5.11 Å². The van der Waals surface area contributed by atoms with Crippen LogP contribution in [0.1, 0.15) is 16.7 Å². The Morgan fingerprint density at radius 3 is 2.31 bits per heavy atom. The number of rotatable bonds is 2. The molecule has 0 radical (unpaired) electrons. The topological polar surface area (TPSA) is 33.9 Å². The van der Waals surface area contributed by atoms with Crippen LogP contribution in [0.2, 0.25) is 0 Å². The average Bonchev–Trinajstić information content (AvgIpc) is 2.27. The van der Waals surface area contributed by atoms with Gasteiger partial charge in [-0.3, -0.25) is 0 Å². The summed E-state index contributed by atoms with van der Waals surface area (Å²) in [5.74, 6) is 0.431. The summed E-state index contributed by atoms with van der Waals surface area (Å²) in [6.45, 7) is 8.85. The van der Waals surface area contributed by atoms with Crippen LogP contribution in [0, 0.1) is 13.8 Å². The molecule has 16 heavy (non-hydrogen) atoms. The number of quaternary nitrogens is 1. The molecule has 0 unspecified atom stereocenters. The number of phenolic OH excluding ortho intramolecular Hbond substituents is 1. The lowest BCUT2D eigenvalue weighted by Gasteiger charge is -2.24. The highest BCUT2D eigenvalue weighted by molar-refractivity contribution is 5.41. The highest BCUT2D eigenvalue weighted by atomic mass is 16.5. The predicted molar refractivity (Wildman–Crippen MR) is 62.8 cm³/mol. The van der Waals surface area contributed by atoms with Crippen molar-refractivity contribution in [3.8, 4) is 5.75 Å². The number of ether oxygens (including phenoxy) is 1. The van der Waals surface area contributed by atoms with Crippen LogP contribution in [0.15, 0.2) is 12.1 Å². The first-order valence-electron chi connectivity index (χ1n) is 5.87. The molecule has 1 aromatic rings. The van der Waals surface area contributed by atoms with Crippen LogP contribution < -0.4 is 4.90 Å². The predicted octanol–water partition coefficient (Wildman–Crippen LogP) is 0.424. The van der Waals surface area contributed by atoms with Crippen LogP contribution in [0.3, 0.4) is 0 Å². The van der Waals surface area contributed by atoms with E-state index in [0.717, 1.165) is 44.0 Å². The maximum Gasteiger partial charge on any atom is 0.121 e. The van der Waals surface area contributed by atoms with Gasteiger partial charge >= 0.3 is 0 Å². The van der Waals surface area contributed by atoms with Crippen LogP contribution >= 0.6 is 0 Å². The van der Waals surface area contributed by atoms with E-state index in [1.54, 1.807) is 4.90 Å². The minimum absolute atomic E-state index is 0.431. The third-order valence-electron chi connectivity index (χ3n) is 3.20. The quantitative estimate of drug-likeness (QED) is 0.760. The lowest BCUT2D eigenvalue weighted by molar-refractivity contribution is -0.921. The summed E-state index contributed by atoms with van der Waals surface area (Å²) in [5.41, 5.74) is 3.26. The smallest absolute Gasteiger partial charge is 0.121 e. The van der Waals surface area contributed by atoms with Gasteiger partial charge in [0.25, 0.3) is 0 Å². The second-order valence-electron chi connectivity index (χ2n) is 4.62. The zero-order valence-corrected chi connectivity index (χ0v) is 10.0. The van der Waals surface area contributed by atoms with Crippen molar-refractivity contribution in [3.63, 3.8) is 0 Å². The molecular weight excluding hydrogens is 202 g/mol. The maximum atomic E-state index is 9.71. The van der Waals surface area contributed by atoms with Crippen molar-refractivity contribution in [1.29, 1.82) is 0 Å². The summed E-state index contributed by atoms with van der Waals surface area (Å²) >= 11 is 0. The van der Waals surface area contributed by atoms with Crippen LogP contribution in [0.5, 0.6) is 5.75 Å². The van der Waals surface area contributed by atoms with Crippen LogP contribution in [-0.4, -0.2) is 31.4 Å². The zero-order chi connectivity index (χ0) is 11.5. The van der Waals surface area contributed by atoms with E-state index in [2.05, 4.69) is 12.1 Å². The van der Waals surface area contributed by atoms with E-state index in [4.69, 9.17) is 4.74 Å². The zero-order valence-electron chi connectivity index (χ0n) is 10.0. The van der Waals surface area contributed by atoms with Crippen molar-refractivity contribution in [1.82, 2.24) is 0 Å². The van der Waals surface area contributed by atoms with E-state index in [0.29, 0.717) is 5.75 Å². The molecule has 0 aromatic heterocycles. The molecule has 0 spiro atoms. The van der Waals surface area contributed by atoms with Gasteiger partial charge in [-0.15, -0.1) is 0 Å². The first kappa shape index (κ1) is 11.4. The van der Waals surface area contributed by atoms with E-state index in [-0.39, 0.29) is 0 Å². The van der Waals surface area contributed by atoms with Gasteiger partial charge in [0, 0.05) is 5.56 Å². The van der Waals surface area contributed by atoms with Gasteiger partial charge in [-0.1, -0.05) is 0 Å². The Labute approximate surface area is 96.6 Å². The molecule has 0 aliphatic carbocycles. The fraction of sp³-hybridized carbons (Fsp3) is 0.538. The Hall–Kier alpha value is -1.06. The lowest BCUT2D eigenvalue weighted by Crippen LogP contribution is -3.12. The lowest BCUT2D eigenvalue weighted by atomic mass is 10.1. The van der Waals surface area contributed by atoms with Gasteiger partial charge in [-0.2, -0.15) is 0 Å². The van der Waals surface area contributed by atoms with Gasteiger partial charge in [0.2, 0.25) is 0 Å². The molecule has 1 aliphatic heterocycles. The molecule has 3 heteroatoms. The summed E-state index contributed by atoms with van der Waals surface area (Å²) in [5, 5.41) is 9.71. The Bertz CT molecular complexity index is 347. The standard InChI is InChI=1S/C13H19NO2/c1-10-7-12(8-11(2)13(10)15)9-14-3-5-16-6-4-14/h7-8,15H,3-6,9H2,1-2H3/p+1.